The number of carbonyl (C=O) groups is 1. The second-order valence-electron chi connectivity index (χ2n) is 5.56. The first kappa shape index (κ1) is 17.8. The smallest absolute Gasteiger partial charge is 0.234 e. The Morgan fingerprint density at radius 3 is 2.25 bits per heavy atom. The van der Waals surface area contributed by atoms with Crippen LogP contribution in [0.4, 0.5) is 0 Å². The van der Waals surface area contributed by atoms with E-state index >= 15 is 0 Å². The number of carbonyl (C=O) groups excluding carboxylic acids is 1. The fraction of sp³-hybridized carbons (Fsp3) is 0.316. The standard InChI is InChI=1S/C19H24N2O3/c1-14-4-6-15(7-5-14)11-20-13-19(22)21-12-16-8-9-17(23-2)18(10-16)24-3/h4-10,20H,11-13H2,1-3H3,(H,21,22). The second-order valence-corrected chi connectivity index (χ2v) is 5.56. The largest absolute Gasteiger partial charge is 0.493 e. The fourth-order valence-electron chi connectivity index (χ4n) is 2.28. The highest BCUT2D eigenvalue weighted by Gasteiger charge is 2.06. The highest BCUT2D eigenvalue weighted by molar-refractivity contribution is 5.78. The molecule has 2 aromatic carbocycles. The van der Waals surface area contributed by atoms with E-state index in [9.17, 15) is 4.79 Å². The van der Waals surface area contributed by atoms with Crippen LogP contribution >= 0.6 is 0 Å². The molecule has 0 saturated carbocycles. The average Bonchev–Trinajstić information content (AvgIpc) is 2.61. The van der Waals surface area contributed by atoms with Crippen LogP contribution < -0.4 is 20.1 Å². The van der Waals surface area contributed by atoms with E-state index in [-0.39, 0.29) is 12.5 Å². The summed E-state index contributed by atoms with van der Waals surface area (Å²) in [5, 5.41) is 6.03. The van der Waals surface area contributed by atoms with Crippen LogP contribution in [-0.2, 0) is 17.9 Å². The molecule has 2 aromatic rings. The lowest BCUT2D eigenvalue weighted by Crippen LogP contribution is -2.33. The number of methoxy groups -OCH3 is 2. The lowest BCUT2D eigenvalue weighted by atomic mass is 10.1. The van der Waals surface area contributed by atoms with Crippen molar-refractivity contribution in [3.05, 3.63) is 59.2 Å². The van der Waals surface area contributed by atoms with Crippen molar-refractivity contribution < 1.29 is 14.3 Å². The molecule has 0 unspecified atom stereocenters. The summed E-state index contributed by atoms with van der Waals surface area (Å²) in [7, 11) is 3.19. The fourth-order valence-corrected chi connectivity index (χ4v) is 2.28. The zero-order chi connectivity index (χ0) is 17.4. The van der Waals surface area contributed by atoms with Gasteiger partial charge in [0.15, 0.2) is 11.5 Å². The van der Waals surface area contributed by atoms with Gasteiger partial charge in [0.1, 0.15) is 0 Å². The van der Waals surface area contributed by atoms with Gasteiger partial charge in [-0.1, -0.05) is 35.9 Å². The first-order valence-electron chi connectivity index (χ1n) is 7.86. The number of rotatable bonds is 8. The Hall–Kier alpha value is -2.53. The molecule has 24 heavy (non-hydrogen) atoms. The summed E-state index contributed by atoms with van der Waals surface area (Å²) in [6.45, 7) is 3.45. The molecule has 2 N–H and O–H groups in total. The van der Waals surface area contributed by atoms with Gasteiger partial charge in [0, 0.05) is 13.1 Å². The minimum Gasteiger partial charge on any atom is -0.493 e. The van der Waals surface area contributed by atoms with Crippen LogP contribution in [0.15, 0.2) is 42.5 Å². The molecule has 0 aromatic heterocycles. The van der Waals surface area contributed by atoms with Crippen molar-refractivity contribution in [2.24, 2.45) is 0 Å². The Balaban J connectivity index is 1.75. The lowest BCUT2D eigenvalue weighted by Gasteiger charge is -2.11. The SMILES string of the molecule is COc1ccc(CNC(=O)CNCc2ccc(C)cc2)cc1OC. The van der Waals surface area contributed by atoms with Gasteiger partial charge in [-0.2, -0.15) is 0 Å². The molecule has 1 amide bonds. The summed E-state index contributed by atoms with van der Waals surface area (Å²) in [5.74, 6) is 1.28. The van der Waals surface area contributed by atoms with Gasteiger partial charge in [-0.3, -0.25) is 4.79 Å². The second kappa shape index (κ2) is 8.93. The summed E-state index contributed by atoms with van der Waals surface area (Å²) in [4.78, 5) is 11.9. The molecule has 2 rings (SSSR count). The normalized spacial score (nSPS) is 10.3. The predicted molar refractivity (Wildman–Crippen MR) is 94.3 cm³/mol. The van der Waals surface area contributed by atoms with Crippen LogP contribution in [0.2, 0.25) is 0 Å². The summed E-state index contributed by atoms with van der Waals surface area (Å²) >= 11 is 0. The Labute approximate surface area is 143 Å². The van der Waals surface area contributed by atoms with Crippen molar-refractivity contribution in [1.82, 2.24) is 10.6 Å². The van der Waals surface area contributed by atoms with Crippen molar-refractivity contribution in [2.45, 2.75) is 20.0 Å². The molecule has 5 nitrogen and oxygen atoms in total. The molecule has 0 heterocycles. The van der Waals surface area contributed by atoms with E-state index in [2.05, 4.69) is 41.8 Å². The summed E-state index contributed by atoms with van der Waals surface area (Å²) in [6, 6.07) is 13.8. The maximum Gasteiger partial charge on any atom is 0.234 e. The summed E-state index contributed by atoms with van der Waals surface area (Å²) in [6.07, 6.45) is 0. The number of ether oxygens (including phenoxy) is 2. The van der Waals surface area contributed by atoms with Crippen LogP contribution in [-0.4, -0.2) is 26.7 Å². The molecule has 0 spiro atoms. The van der Waals surface area contributed by atoms with E-state index < -0.39 is 0 Å². The number of hydrogen-bond donors (Lipinski definition) is 2. The van der Waals surface area contributed by atoms with Gasteiger partial charge in [-0.15, -0.1) is 0 Å². The molecular weight excluding hydrogens is 304 g/mol. The van der Waals surface area contributed by atoms with Crippen LogP contribution in [0.3, 0.4) is 0 Å². The third-order valence-electron chi connectivity index (χ3n) is 3.67. The van der Waals surface area contributed by atoms with Crippen LogP contribution in [0.1, 0.15) is 16.7 Å². The molecular formula is C19H24N2O3. The van der Waals surface area contributed by atoms with Gasteiger partial charge in [-0.25, -0.2) is 0 Å². The minimum absolute atomic E-state index is 0.0445. The Bertz CT molecular complexity index is 669. The highest BCUT2D eigenvalue weighted by atomic mass is 16.5. The molecule has 0 aliphatic rings. The molecule has 0 aliphatic carbocycles. The lowest BCUT2D eigenvalue weighted by molar-refractivity contribution is -0.120. The molecule has 0 bridgehead atoms. The molecule has 0 aliphatic heterocycles. The van der Waals surface area contributed by atoms with Crippen LogP contribution in [0, 0.1) is 6.92 Å². The third-order valence-corrected chi connectivity index (χ3v) is 3.67. The van der Waals surface area contributed by atoms with E-state index in [1.165, 1.54) is 5.56 Å². The monoisotopic (exact) mass is 328 g/mol. The van der Waals surface area contributed by atoms with E-state index in [1.807, 2.05) is 18.2 Å². The van der Waals surface area contributed by atoms with Gasteiger partial charge in [0.25, 0.3) is 0 Å². The van der Waals surface area contributed by atoms with Crippen molar-refractivity contribution in [3.63, 3.8) is 0 Å². The number of aryl methyl sites for hydroxylation is 1. The number of benzene rings is 2. The zero-order valence-corrected chi connectivity index (χ0v) is 14.4. The quantitative estimate of drug-likeness (QED) is 0.781. The maximum atomic E-state index is 11.9. The number of nitrogens with one attached hydrogen (secondary N) is 2. The van der Waals surface area contributed by atoms with Gasteiger partial charge in [-0.05, 0) is 30.2 Å². The first-order valence-corrected chi connectivity index (χ1v) is 7.86. The van der Waals surface area contributed by atoms with Gasteiger partial charge >= 0.3 is 0 Å². The molecule has 0 radical (unpaired) electrons. The Kier molecular flexibility index (Phi) is 6.63. The molecule has 0 atom stereocenters. The minimum atomic E-state index is -0.0445. The van der Waals surface area contributed by atoms with Crippen LogP contribution in [0.25, 0.3) is 0 Å². The topological polar surface area (TPSA) is 59.6 Å². The Morgan fingerprint density at radius 1 is 0.917 bits per heavy atom. The summed E-state index contributed by atoms with van der Waals surface area (Å²) in [5.41, 5.74) is 3.35. The van der Waals surface area contributed by atoms with E-state index in [4.69, 9.17) is 9.47 Å². The summed E-state index contributed by atoms with van der Waals surface area (Å²) < 4.78 is 10.5. The van der Waals surface area contributed by atoms with Crippen LogP contribution in [0.5, 0.6) is 11.5 Å². The number of hydrogen-bond acceptors (Lipinski definition) is 4. The van der Waals surface area contributed by atoms with Crippen molar-refractivity contribution >= 4 is 5.91 Å². The molecule has 0 saturated heterocycles. The highest BCUT2D eigenvalue weighted by Crippen LogP contribution is 2.27. The third kappa shape index (κ3) is 5.28. The van der Waals surface area contributed by atoms with Gasteiger partial charge < -0.3 is 20.1 Å². The van der Waals surface area contributed by atoms with E-state index in [0.717, 1.165) is 11.1 Å². The molecule has 5 heteroatoms. The first-order chi connectivity index (χ1) is 11.6. The molecule has 0 fully saturated rings. The van der Waals surface area contributed by atoms with Crippen molar-refractivity contribution in [3.8, 4) is 11.5 Å². The molecule has 128 valence electrons. The van der Waals surface area contributed by atoms with Gasteiger partial charge in [0.05, 0.1) is 20.8 Å². The van der Waals surface area contributed by atoms with Crippen molar-refractivity contribution in [2.75, 3.05) is 20.8 Å². The van der Waals surface area contributed by atoms with E-state index in [1.54, 1.807) is 14.2 Å². The van der Waals surface area contributed by atoms with Crippen molar-refractivity contribution in [1.29, 1.82) is 0 Å². The number of amides is 1. The average molecular weight is 328 g/mol. The van der Waals surface area contributed by atoms with Gasteiger partial charge in [0.2, 0.25) is 5.91 Å². The Morgan fingerprint density at radius 2 is 1.58 bits per heavy atom. The van der Waals surface area contributed by atoms with E-state index in [0.29, 0.717) is 24.6 Å². The maximum absolute atomic E-state index is 11.9. The predicted octanol–water partition coefficient (Wildman–Crippen LogP) is 2.42. The zero-order valence-electron chi connectivity index (χ0n) is 14.4.